The number of carbonyl (C=O) groups excluding carboxylic acids is 2. The third-order valence-corrected chi connectivity index (χ3v) is 6.48. The minimum Gasteiger partial charge on any atom is -0.322 e. The van der Waals surface area contributed by atoms with E-state index >= 15 is 0 Å². The molecule has 0 spiro atoms. The van der Waals surface area contributed by atoms with E-state index in [9.17, 15) is 19.7 Å². The topological polar surface area (TPSA) is 92.6 Å². The minimum absolute atomic E-state index is 0.0664. The van der Waals surface area contributed by atoms with Crippen LogP contribution in [0, 0.1) is 24.0 Å². The molecule has 7 nitrogen and oxygen atoms in total. The summed E-state index contributed by atoms with van der Waals surface area (Å²) in [7, 11) is 0. The Bertz CT molecular complexity index is 1210. The van der Waals surface area contributed by atoms with Gasteiger partial charge in [0.15, 0.2) is 0 Å². The lowest BCUT2D eigenvalue weighted by atomic mass is 10.1. The van der Waals surface area contributed by atoms with Gasteiger partial charge in [-0.25, -0.2) is 0 Å². The average molecular weight is 448 g/mol. The fourth-order valence-corrected chi connectivity index (χ4v) is 4.77. The number of benzene rings is 3. The maximum Gasteiger partial charge on any atom is 0.270 e. The molecular weight excluding hydrogens is 426 g/mol. The Balaban J connectivity index is 1.53. The molecule has 1 N–H and O–H groups in total. The molecule has 8 heteroatoms. The second-order valence-corrected chi connectivity index (χ2v) is 8.67. The monoisotopic (exact) mass is 447 g/mol. The van der Waals surface area contributed by atoms with Gasteiger partial charge >= 0.3 is 0 Å². The van der Waals surface area contributed by atoms with Crippen molar-refractivity contribution in [3.05, 3.63) is 99.1 Å². The van der Waals surface area contributed by atoms with Crippen LogP contribution in [0.5, 0.6) is 0 Å². The number of hydrogen-bond donors (Lipinski definition) is 1. The van der Waals surface area contributed by atoms with E-state index in [0.29, 0.717) is 11.4 Å². The lowest BCUT2D eigenvalue weighted by Gasteiger charge is -2.26. The molecule has 3 aromatic rings. The van der Waals surface area contributed by atoms with Gasteiger partial charge in [-0.2, -0.15) is 0 Å². The Kier molecular flexibility index (Phi) is 5.96. The van der Waals surface area contributed by atoms with Crippen molar-refractivity contribution in [2.24, 2.45) is 0 Å². The lowest BCUT2D eigenvalue weighted by Crippen LogP contribution is -2.28. The molecule has 0 radical (unpaired) electrons. The number of amides is 2. The van der Waals surface area contributed by atoms with Crippen molar-refractivity contribution in [2.45, 2.75) is 19.2 Å². The van der Waals surface area contributed by atoms with Gasteiger partial charge in [0.25, 0.3) is 11.6 Å². The summed E-state index contributed by atoms with van der Waals surface area (Å²) in [5.74, 6) is 0.0455. The number of aryl methyl sites for hydroxylation is 2. The van der Waals surface area contributed by atoms with E-state index in [0.717, 1.165) is 22.4 Å². The van der Waals surface area contributed by atoms with Gasteiger partial charge in [-0.3, -0.25) is 24.6 Å². The Morgan fingerprint density at radius 2 is 1.84 bits per heavy atom. The van der Waals surface area contributed by atoms with Gasteiger partial charge < -0.3 is 5.32 Å². The van der Waals surface area contributed by atoms with Gasteiger partial charge in [0.1, 0.15) is 5.37 Å². The predicted molar refractivity (Wildman–Crippen MR) is 126 cm³/mol. The van der Waals surface area contributed by atoms with E-state index in [1.54, 1.807) is 23.9 Å². The summed E-state index contributed by atoms with van der Waals surface area (Å²) < 4.78 is 0. The molecule has 1 saturated heterocycles. The Morgan fingerprint density at radius 1 is 1.09 bits per heavy atom. The van der Waals surface area contributed by atoms with Gasteiger partial charge in [0, 0.05) is 29.1 Å². The van der Waals surface area contributed by atoms with Gasteiger partial charge in [-0.05, 0) is 54.8 Å². The molecule has 162 valence electrons. The first kappa shape index (κ1) is 21.6. The van der Waals surface area contributed by atoms with Crippen molar-refractivity contribution >= 4 is 40.6 Å². The minimum atomic E-state index is -0.534. The van der Waals surface area contributed by atoms with Crippen molar-refractivity contribution in [1.82, 2.24) is 0 Å². The Hall–Kier alpha value is -3.65. The fourth-order valence-electron chi connectivity index (χ4n) is 3.61. The van der Waals surface area contributed by atoms with E-state index in [-0.39, 0.29) is 22.5 Å². The summed E-state index contributed by atoms with van der Waals surface area (Å²) in [5, 5.41) is 13.5. The van der Waals surface area contributed by atoms with E-state index in [4.69, 9.17) is 0 Å². The second kappa shape index (κ2) is 8.84. The standard InChI is InChI=1S/C24H21N3O4S/c1-15-6-7-16(2)21(12-15)26-22(28)14-32-24(26)17-8-10-19(11-9-17)25-23(29)18-4-3-5-20(13-18)27(30)31/h3-13,24H,14H2,1-2H3,(H,25,29)/t24-/m0/s1. The molecule has 1 aliphatic heterocycles. The smallest absolute Gasteiger partial charge is 0.270 e. The van der Waals surface area contributed by atoms with Crippen LogP contribution in [0.3, 0.4) is 0 Å². The SMILES string of the molecule is Cc1ccc(C)c(N2C(=O)CS[C@H]2c2ccc(NC(=O)c3cccc([N+](=O)[O-])c3)cc2)c1. The summed E-state index contributed by atoms with van der Waals surface area (Å²) in [6, 6.07) is 19.0. The zero-order valence-corrected chi connectivity index (χ0v) is 18.4. The summed E-state index contributed by atoms with van der Waals surface area (Å²) >= 11 is 1.57. The highest BCUT2D eigenvalue weighted by molar-refractivity contribution is 8.00. The van der Waals surface area contributed by atoms with Crippen molar-refractivity contribution in [3.8, 4) is 0 Å². The van der Waals surface area contributed by atoms with Crippen LogP contribution in [0.2, 0.25) is 0 Å². The van der Waals surface area contributed by atoms with Gasteiger partial charge in [0.05, 0.1) is 10.7 Å². The maximum absolute atomic E-state index is 12.7. The number of non-ortho nitro benzene ring substituents is 1. The lowest BCUT2D eigenvalue weighted by molar-refractivity contribution is -0.384. The zero-order valence-electron chi connectivity index (χ0n) is 17.6. The largest absolute Gasteiger partial charge is 0.322 e. The highest BCUT2D eigenvalue weighted by atomic mass is 32.2. The summed E-state index contributed by atoms with van der Waals surface area (Å²) in [4.78, 5) is 37.4. The number of hydrogen-bond acceptors (Lipinski definition) is 5. The number of nitrogens with zero attached hydrogens (tertiary/aromatic N) is 2. The molecule has 0 aliphatic carbocycles. The summed E-state index contributed by atoms with van der Waals surface area (Å²) in [6.45, 7) is 4.00. The van der Waals surface area contributed by atoms with Crippen molar-refractivity contribution in [3.63, 3.8) is 0 Å². The number of carbonyl (C=O) groups is 2. The molecular formula is C24H21N3O4S. The van der Waals surface area contributed by atoms with Crippen LogP contribution in [0.4, 0.5) is 17.1 Å². The number of anilines is 2. The molecule has 0 aromatic heterocycles. The molecule has 1 aliphatic rings. The first-order valence-corrected chi connectivity index (χ1v) is 11.0. The molecule has 2 amide bonds. The van der Waals surface area contributed by atoms with Crippen LogP contribution in [-0.4, -0.2) is 22.5 Å². The van der Waals surface area contributed by atoms with E-state index in [2.05, 4.69) is 5.32 Å². The number of nitrogens with one attached hydrogen (secondary N) is 1. The van der Waals surface area contributed by atoms with E-state index < -0.39 is 10.8 Å². The molecule has 3 aromatic carbocycles. The number of nitro benzene ring substituents is 1. The van der Waals surface area contributed by atoms with Crippen molar-refractivity contribution < 1.29 is 14.5 Å². The number of rotatable bonds is 5. The average Bonchev–Trinajstić information content (AvgIpc) is 3.17. The van der Waals surface area contributed by atoms with Crippen molar-refractivity contribution in [1.29, 1.82) is 0 Å². The molecule has 1 fully saturated rings. The Morgan fingerprint density at radius 3 is 2.56 bits per heavy atom. The van der Waals surface area contributed by atoms with Gasteiger partial charge in [-0.1, -0.05) is 30.3 Å². The van der Waals surface area contributed by atoms with Gasteiger partial charge in [-0.15, -0.1) is 11.8 Å². The van der Waals surface area contributed by atoms with Crippen molar-refractivity contribution in [2.75, 3.05) is 16.0 Å². The first-order valence-electron chi connectivity index (χ1n) is 10.00. The van der Waals surface area contributed by atoms with Crippen LogP contribution in [0.15, 0.2) is 66.7 Å². The third-order valence-electron chi connectivity index (χ3n) is 5.26. The molecule has 4 rings (SSSR count). The highest BCUT2D eigenvalue weighted by Crippen LogP contribution is 2.43. The molecule has 1 heterocycles. The Labute approximate surface area is 189 Å². The van der Waals surface area contributed by atoms with E-state index in [1.807, 2.05) is 49.1 Å². The molecule has 0 bridgehead atoms. The predicted octanol–water partition coefficient (Wildman–Crippen LogP) is 5.24. The first-order chi connectivity index (χ1) is 15.3. The number of thioether (sulfide) groups is 1. The normalized spacial score (nSPS) is 15.6. The van der Waals surface area contributed by atoms with Crippen LogP contribution >= 0.6 is 11.8 Å². The van der Waals surface area contributed by atoms with Crippen LogP contribution in [0.25, 0.3) is 0 Å². The van der Waals surface area contributed by atoms with Crippen LogP contribution in [0.1, 0.15) is 32.4 Å². The van der Waals surface area contributed by atoms with Crippen LogP contribution in [-0.2, 0) is 4.79 Å². The van der Waals surface area contributed by atoms with E-state index in [1.165, 1.54) is 24.3 Å². The number of nitro groups is 1. The quantitative estimate of drug-likeness (QED) is 0.426. The third kappa shape index (κ3) is 4.36. The fraction of sp³-hybridized carbons (Fsp3) is 0.167. The van der Waals surface area contributed by atoms with Gasteiger partial charge in [0.2, 0.25) is 5.91 Å². The maximum atomic E-state index is 12.7. The molecule has 0 saturated carbocycles. The summed E-state index contributed by atoms with van der Waals surface area (Å²) in [6.07, 6.45) is 0. The second-order valence-electron chi connectivity index (χ2n) is 7.60. The molecule has 32 heavy (non-hydrogen) atoms. The zero-order chi connectivity index (χ0) is 22.8. The highest BCUT2D eigenvalue weighted by Gasteiger charge is 2.34. The molecule has 0 unspecified atom stereocenters. The van der Waals surface area contributed by atoms with Crippen LogP contribution < -0.4 is 10.2 Å². The summed E-state index contributed by atoms with van der Waals surface area (Å²) in [5.41, 5.74) is 4.63. The molecule has 1 atom stereocenters.